The second-order valence-electron chi connectivity index (χ2n) is 6.55. The van der Waals surface area contributed by atoms with Crippen LogP contribution in [0.25, 0.3) is 6.08 Å². The molecule has 30 heavy (non-hydrogen) atoms. The summed E-state index contributed by atoms with van der Waals surface area (Å²) in [5, 5.41) is 18.6. The van der Waals surface area contributed by atoms with Gasteiger partial charge in [-0.05, 0) is 35.9 Å². The highest BCUT2D eigenvalue weighted by Crippen LogP contribution is 2.35. The topological polar surface area (TPSA) is 80.4 Å². The molecule has 0 spiro atoms. The summed E-state index contributed by atoms with van der Waals surface area (Å²) in [4.78, 5) is 16.7. The molecule has 152 valence electrons. The van der Waals surface area contributed by atoms with Gasteiger partial charge in [0.1, 0.15) is 17.7 Å². The molecule has 0 aromatic heterocycles. The van der Waals surface area contributed by atoms with Crippen molar-refractivity contribution in [3.63, 3.8) is 0 Å². The van der Waals surface area contributed by atoms with Gasteiger partial charge in [0, 0.05) is 31.9 Å². The number of carbonyl (C=O) groups excluding carboxylic acids is 1. The molecule has 1 aliphatic heterocycles. The Morgan fingerprint density at radius 1 is 1.07 bits per heavy atom. The van der Waals surface area contributed by atoms with Crippen molar-refractivity contribution in [3.05, 3.63) is 63.6 Å². The molecule has 6 nitrogen and oxygen atoms in total. The number of piperazine rings is 1. The van der Waals surface area contributed by atoms with Gasteiger partial charge in [0.25, 0.3) is 5.91 Å². The Morgan fingerprint density at radius 3 is 2.27 bits per heavy atom. The van der Waals surface area contributed by atoms with E-state index in [0.717, 1.165) is 5.69 Å². The van der Waals surface area contributed by atoms with Gasteiger partial charge in [0.05, 0.1) is 10.0 Å². The Morgan fingerprint density at radius 2 is 1.70 bits per heavy atom. The first-order valence-corrected chi connectivity index (χ1v) is 9.99. The van der Waals surface area contributed by atoms with Gasteiger partial charge in [-0.3, -0.25) is 4.79 Å². The Labute approximate surface area is 185 Å². The Bertz CT molecular complexity index is 1010. The number of ether oxygens (including phenoxy) is 1. The van der Waals surface area contributed by atoms with Gasteiger partial charge >= 0.3 is 0 Å². The van der Waals surface area contributed by atoms with Crippen LogP contribution in [0.2, 0.25) is 10.0 Å². The van der Waals surface area contributed by atoms with E-state index in [2.05, 4.69) is 4.90 Å². The van der Waals surface area contributed by atoms with Crippen LogP contribution in [-0.4, -0.2) is 43.6 Å². The number of nitriles is 2. The molecule has 3 rings (SSSR count). The first-order valence-electron chi connectivity index (χ1n) is 9.23. The lowest BCUT2D eigenvalue weighted by molar-refractivity contribution is -0.126. The van der Waals surface area contributed by atoms with E-state index in [1.165, 1.54) is 18.2 Å². The van der Waals surface area contributed by atoms with E-state index in [-0.39, 0.29) is 33.9 Å². The van der Waals surface area contributed by atoms with Crippen LogP contribution in [0.5, 0.6) is 5.75 Å². The van der Waals surface area contributed by atoms with Crippen molar-refractivity contribution in [3.8, 4) is 17.9 Å². The molecule has 0 atom stereocenters. The van der Waals surface area contributed by atoms with Gasteiger partial charge < -0.3 is 14.5 Å². The third-order valence-corrected chi connectivity index (χ3v) is 5.21. The SMILES string of the molecule is N#CCOc1c(Cl)cc(/C=C(/C#N)C(=O)N2CCN(c3ccccc3)CC2)cc1Cl. The highest BCUT2D eigenvalue weighted by atomic mass is 35.5. The maximum atomic E-state index is 12.8. The van der Waals surface area contributed by atoms with Crippen molar-refractivity contribution in [1.29, 1.82) is 10.5 Å². The monoisotopic (exact) mass is 440 g/mol. The molecule has 1 fully saturated rings. The van der Waals surface area contributed by atoms with Crippen LogP contribution >= 0.6 is 23.2 Å². The summed E-state index contributed by atoms with van der Waals surface area (Å²) in [6, 6.07) is 16.9. The molecule has 0 N–H and O–H groups in total. The number of nitrogens with zero attached hydrogens (tertiary/aromatic N) is 4. The molecular weight excluding hydrogens is 423 g/mol. The summed E-state index contributed by atoms with van der Waals surface area (Å²) in [5.41, 5.74) is 1.62. The summed E-state index contributed by atoms with van der Waals surface area (Å²) in [7, 11) is 0. The van der Waals surface area contributed by atoms with Crippen molar-refractivity contribution in [2.75, 3.05) is 37.7 Å². The predicted molar refractivity (Wildman–Crippen MR) is 116 cm³/mol. The number of anilines is 1. The predicted octanol–water partition coefficient (Wildman–Crippen LogP) is 4.15. The smallest absolute Gasteiger partial charge is 0.264 e. The Balaban J connectivity index is 1.72. The summed E-state index contributed by atoms with van der Waals surface area (Å²) in [5.74, 6) is -0.138. The molecule has 0 saturated carbocycles. The van der Waals surface area contributed by atoms with Gasteiger partial charge in [-0.1, -0.05) is 41.4 Å². The Kier molecular flexibility index (Phi) is 7.19. The number of hydrogen-bond acceptors (Lipinski definition) is 5. The number of para-hydroxylation sites is 1. The van der Waals surface area contributed by atoms with Crippen molar-refractivity contribution < 1.29 is 9.53 Å². The molecule has 2 aromatic rings. The van der Waals surface area contributed by atoms with Gasteiger partial charge in [0.15, 0.2) is 12.4 Å². The molecule has 2 aromatic carbocycles. The lowest BCUT2D eigenvalue weighted by Crippen LogP contribution is -2.49. The van der Waals surface area contributed by atoms with Gasteiger partial charge in [0.2, 0.25) is 0 Å². The molecule has 0 bridgehead atoms. The lowest BCUT2D eigenvalue weighted by Gasteiger charge is -2.36. The maximum absolute atomic E-state index is 12.8. The van der Waals surface area contributed by atoms with E-state index in [1.54, 1.807) is 4.90 Å². The minimum Gasteiger partial charge on any atom is -0.476 e. The number of amides is 1. The third-order valence-electron chi connectivity index (χ3n) is 4.65. The van der Waals surface area contributed by atoms with Crippen LogP contribution in [0.4, 0.5) is 5.69 Å². The zero-order valence-corrected chi connectivity index (χ0v) is 17.5. The number of hydrogen-bond donors (Lipinski definition) is 0. The molecule has 1 heterocycles. The molecular formula is C22H18Cl2N4O2. The van der Waals surface area contributed by atoms with Crippen LogP contribution in [0.1, 0.15) is 5.56 Å². The van der Waals surface area contributed by atoms with Crippen LogP contribution in [0.15, 0.2) is 48.0 Å². The van der Waals surface area contributed by atoms with E-state index >= 15 is 0 Å². The molecule has 0 radical (unpaired) electrons. The van der Waals surface area contributed by atoms with Crippen LogP contribution < -0.4 is 9.64 Å². The molecule has 0 aliphatic carbocycles. The molecule has 1 amide bonds. The van der Waals surface area contributed by atoms with Crippen molar-refractivity contribution >= 4 is 40.9 Å². The molecule has 0 unspecified atom stereocenters. The van der Waals surface area contributed by atoms with Crippen molar-refractivity contribution in [2.24, 2.45) is 0 Å². The van der Waals surface area contributed by atoms with Gasteiger partial charge in [-0.25, -0.2) is 0 Å². The molecule has 1 saturated heterocycles. The largest absolute Gasteiger partial charge is 0.476 e. The fourth-order valence-electron chi connectivity index (χ4n) is 3.19. The van der Waals surface area contributed by atoms with E-state index in [1.807, 2.05) is 42.5 Å². The van der Waals surface area contributed by atoms with E-state index < -0.39 is 0 Å². The summed E-state index contributed by atoms with van der Waals surface area (Å²) < 4.78 is 5.20. The van der Waals surface area contributed by atoms with Crippen molar-refractivity contribution in [1.82, 2.24) is 4.90 Å². The number of carbonyl (C=O) groups is 1. The zero-order chi connectivity index (χ0) is 21.5. The van der Waals surface area contributed by atoms with Gasteiger partial charge in [-0.2, -0.15) is 10.5 Å². The van der Waals surface area contributed by atoms with Gasteiger partial charge in [-0.15, -0.1) is 0 Å². The maximum Gasteiger partial charge on any atom is 0.264 e. The number of rotatable bonds is 5. The first kappa shape index (κ1) is 21.5. The van der Waals surface area contributed by atoms with E-state index in [9.17, 15) is 10.1 Å². The second-order valence-corrected chi connectivity index (χ2v) is 7.36. The standard InChI is InChI=1S/C22H18Cl2N4O2/c23-19-13-16(14-20(24)21(19)30-11-6-25)12-17(15-26)22(29)28-9-7-27(8-10-28)18-4-2-1-3-5-18/h1-5,12-14H,7-11H2/b17-12-. The summed E-state index contributed by atoms with van der Waals surface area (Å²) >= 11 is 12.3. The Hall–Kier alpha value is -3.19. The quantitative estimate of drug-likeness (QED) is 0.515. The van der Waals surface area contributed by atoms with Crippen LogP contribution in [0, 0.1) is 22.7 Å². The van der Waals surface area contributed by atoms with Crippen LogP contribution in [0.3, 0.4) is 0 Å². The minimum absolute atomic E-state index is 0.000915. The van der Waals surface area contributed by atoms with E-state index in [4.69, 9.17) is 33.2 Å². The normalized spacial score (nSPS) is 14.1. The summed E-state index contributed by atoms with van der Waals surface area (Å²) in [6.45, 7) is 2.24. The van der Waals surface area contributed by atoms with E-state index in [0.29, 0.717) is 31.7 Å². The lowest BCUT2D eigenvalue weighted by atomic mass is 10.1. The fourth-order valence-corrected chi connectivity index (χ4v) is 3.80. The third kappa shape index (κ3) is 5.04. The van der Waals surface area contributed by atoms with Crippen LogP contribution in [-0.2, 0) is 4.79 Å². The highest BCUT2D eigenvalue weighted by Gasteiger charge is 2.24. The fraction of sp³-hybridized carbons (Fsp3) is 0.227. The average Bonchev–Trinajstić information content (AvgIpc) is 2.77. The molecule has 8 heteroatoms. The second kappa shape index (κ2) is 10.0. The number of halogens is 2. The summed E-state index contributed by atoms with van der Waals surface area (Å²) in [6.07, 6.45) is 1.46. The minimum atomic E-state index is -0.331. The first-order chi connectivity index (χ1) is 14.5. The average molecular weight is 441 g/mol. The van der Waals surface area contributed by atoms with Crippen molar-refractivity contribution in [2.45, 2.75) is 0 Å². The highest BCUT2D eigenvalue weighted by molar-refractivity contribution is 6.37. The number of benzene rings is 2. The molecule has 1 aliphatic rings. The zero-order valence-electron chi connectivity index (χ0n) is 16.0.